The van der Waals surface area contributed by atoms with Gasteiger partial charge in [0.2, 0.25) is 0 Å². The lowest BCUT2D eigenvalue weighted by Crippen LogP contribution is -2.06. The van der Waals surface area contributed by atoms with Crippen LogP contribution >= 0.6 is 0 Å². The molecular weight excluding hydrogens is 295 g/mol. The van der Waals surface area contributed by atoms with E-state index in [0.29, 0.717) is 11.4 Å². The molecule has 0 amide bonds. The molecule has 0 radical (unpaired) electrons. The second kappa shape index (κ2) is 5.60. The van der Waals surface area contributed by atoms with Crippen LogP contribution in [0.15, 0.2) is 30.8 Å². The number of hydrogen-bond donors (Lipinski definition) is 4. The third kappa shape index (κ3) is 2.68. The van der Waals surface area contributed by atoms with Crippen molar-refractivity contribution in [2.24, 2.45) is 5.73 Å². The third-order valence-electron chi connectivity index (χ3n) is 3.60. The van der Waals surface area contributed by atoms with Crippen LogP contribution in [-0.4, -0.2) is 15.2 Å². The smallest absolute Gasteiger partial charge is 0.166 e. The predicted octanol–water partition coefficient (Wildman–Crippen LogP) is 2.91. The number of rotatable bonds is 4. The molecule has 0 aliphatic rings. The number of aryl methyl sites for hydroxylation is 1. The fourth-order valence-corrected chi connectivity index (χ4v) is 2.39. The first-order valence-corrected chi connectivity index (χ1v) is 7.14. The highest BCUT2D eigenvalue weighted by Crippen LogP contribution is 2.27. The highest BCUT2D eigenvalue weighted by molar-refractivity contribution is 5.86. The van der Waals surface area contributed by atoms with Crippen molar-refractivity contribution >= 4 is 33.9 Å². The largest absolute Gasteiger partial charge is 0.399 e. The summed E-state index contributed by atoms with van der Waals surface area (Å²) < 4.78 is 13.6. The molecule has 23 heavy (non-hydrogen) atoms. The maximum absolute atomic E-state index is 13.6. The molecule has 0 saturated carbocycles. The Hall–Kier alpha value is -3.09. The molecule has 2 heterocycles. The SMILES string of the molecule is C=C(N)c1cc(F)c(N)nc1Nc1ccc2n[nH]c(CC)c2c1. The van der Waals surface area contributed by atoms with Crippen molar-refractivity contribution in [2.75, 3.05) is 11.1 Å². The zero-order chi connectivity index (χ0) is 16.6. The number of aromatic nitrogens is 3. The van der Waals surface area contributed by atoms with Gasteiger partial charge in [-0.15, -0.1) is 0 Å². The van der Waals surface area contributed by atoms with E-state index in [1.165, 1.54) is 6.07 Å². The molecule has 0 saturated heterocycles. The van der Waals surface area contributed by atoms with Gasteiger partial charge in [0.1, 0.15) is 5.82 Å². The van der Waals surface area contributed by atoms with Crippen LogP contribution in [0.4, 0.5) is 21.7 Å². The summed E-state index contributed by atoms with van der Waals surface area (Å²) in [5.74, 6) is -0.468. The highest BCUT2D eigenvalue weighted by atomic mass is 19.1. The number of nitrogens with zero attached hydrogens (tertiary/aromatic N) is 2. The first-order valence-electron chi connectivity index (χ1n) is 7.14. The van der Waals surface area contributed by atoms with Crippen molar-refractivity contribution in [3.63, 3.8) is 0 Å². The van der Waals surface area contributed by atoms with Crippen molar-refractivity contribution in [1.82, 2.24) is 15.2 Å². The van der Waals surface area contributed by atoms with Crippen LogP contribution in [0.2, 0.25) is 0 Å². The van der Waals surface area contributed by atoms with Gasteiger partial charge in [-0.25, -0.2) is 9.37 Å². The Morgan fingerprint density at radius 2 is 2.17 bits per heavy atom. The third-order valence-corrected chi connectivity index (χ3v) is 3.60. The van der Waals surface area contributed by atoms with E-state index >= 15 is 0 Å². The summed E-state index contributed by atoms with van der Waals surface area (Å²) in [5, 5.41) is 11.4. The molecule has 0 aliphatic carbocycles. The number of hydrogen-bond acceptors (Lipinski definition) is 5. The van der Waals surface area contributed by atoms with Gasteiger partial charge in [0, 0.05) is 28.0 Å². The van der Waals surface area contributed by atoms with Crippen LogP contribution in [0.25, 0.3) is 16.6 Å². The molecule has 6 N–H and O–H groups in total. The minimum absolute atomic E-state index is 0.198. The molecule has 3 rings (SSSR count). The molecule has 3 aromatic rings. The van der Waals surface area contributed by atoms with Gasteiger partial charge in [-0.05, 0) is 30.7 Å². The minimum Gasteiger partial charge on any atom is -0.399 e. The van der Waals surface area contributed by atoms with Gasteiger partial charge in [0.25, 0.3) is 0 Å². The Bertz CT molecular complexity index is 899. The normalized spacial score (nSPS) is 10.9. The second-order valence-corrected chi connectivity index (χ2v) is 5.19. The molecule has 0 bridgehead atoms. The Morgan fingerprint density at radius 3 is 2.87 bits per heavy atom. The molecule has 0 unspecified atom stereocenters. The molecule has 0 fully saturated rings. The summed E-state index contributed by atoms with van der Waals surface area (Å²) in [7, 11) is 0. The van der Waals surface area contributed by atoms with Gasteiger partial charge >= 0.3 is 0 Å². The number of halogens is 1. The van der Waals surface area contributed by atoms with E-state index in [2.05, 4.69) is 27.1 Å². The van der Waals surface area contributed by atoms with Crippen molar-refractivity contribution in [1.29, 1.82) is 0 Å². The quantitative estimate of drug-likeness (QED) is 0.593. The second-order valence-electron chi connectivity index (χ2n) is 5.19. The number of H-pyrrole nitrogens is 1. The van der Waals surface area contributed by atoms with Gasteiger partial charge in [-0.1, -0.05) is 13.5 Å². The summed E-state index contributed by atoms with van der Waals surface area (Å²) >= 11 is 0. The minimum atomic E-state index is -0.629. The number of aromatic amines is 1. The number of benzene rings is 1. The topological polar surface area (TPSA) is 106 Å². The fourth-order valence-electron chi connectivity index (χ4n) is 2.39. The lowest BCUT2D eigenvalue weighted by Gasteiger charge is -2.12. The standard InChI is InChI=1S/C16H17FN6/c1-3-13-11-6-9(4-5-14(11)23-22-13)20-16-10(8(2)18)7-12(17)15(19)21-16/h4-7H,2-3,18H2,1H3,(H,22,23)(H3,19,20,21). The summed E-state index contributed by atoms with van der Waals surface area (Å²) in [5.41, 5.74) is 14.5. The van der Waals surface area contributed by atoms with E-state index in [1.54, 1.807) is 0 Å². The number of nitrogens with two attached hydrogens (primary N) is 2. The molecule has 2 aromatic heterocycles. The predicted molar refractivity (Wildman–Crippen MR) is 90.6 cm³/mol. The zero-order valence-corrected chi connectivity index (χ0v) is 12.7. The van der Waals surface area contributed by atoms with E-state index in [4.69, 9.17) is 11.5 Å². The first kappa shape index (κ1) is 14.8. The molecular formula is C16H17FN6. The van der Waals surface area contributed by atoms with Crippen molar-refractivity contribution in [3.8, 4) is 0 Å². The summed E-state index contributed by atoms with van der Waals surface area (Å²) in [6.07, 6.45) is 0.840. The summed E-state index contributed by atoms with van der Waals surface area (Å²) in [6.45, 7) is 5.69. The van der Waals surface area contributed by atoms with Gasteiger partial charge in [-0.3, -0.25) is 5.10 Å². The number of anilines is 3. The van der Waals surface area contributed by atoms with Crippen LogP contribution in [0.1, 0.15) is 18.2 Å². The van der Waals surface area contributed by atoms with Crippen molar-refractivity contribution in [2.45, 2.75) is 13.3 Å². The van der Waals surface area contributed by atoms with Crippen LogP contribution in [0, 0.1) is 5.82 Å². The Labute approximate surface area is 132 Å². The monoisotopic (exact) mass is 312 g/mol. The van der Waals surface area contributed by atoms with E-state index < -0.39 is 5.82 Å². The highest BCUT2D eigenvalue weighted by Gasteiger charge is 2.12. The lowest BCUT2D eigenvalue weighted by atomic mass is 10.1. The molecule has 0 aliphatic heterocycles. The van der Waals surface area contributed by atoms with E-state index in [1.807, 2.05) is 25.1 Å². The number of fused-ring (bicyclic) bond motifs is 1. The average Bonchev–Trinajstić information content (AvgIpc) is 2.92. The van der Waals surface area contributed by atoms with Crippen molar-refractivity contribution in [3.05, 3.63) is 47.9 Å². The van der Waals surface area contributed by atoms with E-state index in [9.17, 15) is 4.39 Å². The molecule has 0 atom stereocenters. The van der Waals surface area contributed by atoms with E-state index in [-0.39, 0.29) is 11.5 Å². The summed E-state index contributed by atoms with van der Waals surface area (Å²) in [6, 6.07) is 6.91. The Morgan fingerprint density at radius 1 is 1.39 bits per heavy atom. The Balaban J connectivity index is 2.04. The van der Waals surface area contributed by atoms with Crippen LogP contribution in [0.3, 0.4) is 0 Å². The van der Waals surface area contributed by atoms with Gasteiger partial charge < -0.3 is 16.8 Å². The number of pyridine rings is 1. The van der Waals surface area contributed by atoms with Gasteiger partial charge in [0.15, 0.2) is 11.6 Å². The fraction of sp³-hybridized carbons (Fsp3) is 0.125. The van der Waals surface area contributed by atoms with Gasteiger partial charge in [0.05, 0.1) is 5.52 Å². The van der Waals surface area contributed by atoms with Crippen molar-refractivity contribution < 1.29 is 4.39 Å². The molecule has 7 heteroatoms. The maximum Gasteiger partial charge on any atom is 0.166 e. The number of nitrogen functional groups attached to an aromatic ring is 1. The molecule has 118 valence electrons. The molecule has 6 nitrogen and oxygen atoms in total. The van der Waals surface area contributed by atoms with Crippen LogP contribution < -0.4 is 16.8 Å². The Kier molecular flexibility index (Phi) is 3.61. The lowest BCUT2D eigenvalue weighted by molar-refractivity contribution is 0.627. The van der Waals surface area contributed by atoms with Gasteiger partial charge in [-0.2, -0.15) is 5.10 Å². The maximum atomic E-state index is 13.6. The summed E-state index contributed by atoms with van der Waals surface area (Å²) in [4.78, 5) is 4.03. The molecule has 1 aromatic carbocycles. The zero-order valence-electron chi connectivity index (χ0n) is 12.7. The molecule has 0 spiro atoms. The average molecular weight is 312 g/mol. The number of nitrogens with one attached hydrogen (secondary N) is 2. The first-order chi connectivity index (χ1) is 11.0. The van der Waals surface area contributed by atoms with Crippen LogP contribution in [-0.2, 0) is 6.42 Å². The van der Waals surface area contributed by atoms with Crippen LogP contribution in [0.5, 0.6) is 0 Å². The van der Waals surface area contributed by atoms with E-state index in [0.717, 1.165) is 28.7 Å².